The lowest BCUT2D eigenvalue weighted by Gasteiger charge is -2.55. The van der Waals surface area contributed by atoms with Crippen LogP contribution in [-0.2, 0) is 25.8 Å². The quantitative estimate of drug-likeness (QED) is 0.471. The van der Waals surface area contributed by atoms with Crippen molar-refractivity contribution in [2.75, 3.05) is 14.2 Å². The lowest BCUT2D eigenvalue weighted by atomic mass is 9.65. The van der Waals surface area contributed by atoms with E-state index in [1.54, 1.807) is 20.3 Å². The second kappa shape index (κ2) is 7.15. The molecule has 7 heteroatoms. The molecule has 6 nitrogen and oxygen atoms in total. The Morgan fingerprint density at radius 1 is 1.29 bits per heavy atom. The zero-order valence-corrected chi connectivity index (χ0v) is 20.7. The van der Waals surface area contributed by atoms with Crippen molar-refractivity contribution in [2.45, 2.75) is 88.3 Å². The first-order valence-electron chi connectivity index (χ1n) is 11.1. The van der Waals surface area contributed by atoms with Gasteiger partial charge in [0.2, 0.25) is 5.79 Å². The van der Waals surface area contributed by atoms with Gasteiger partial charge in [-0.15, -0.1) is 0 Å². The summed E-state index contributed by atoms with van der Waals surface area (Å²) in [6, 6.07) is 1.77. The Hall–Kier alpha value is -1.70. The summed E-state index contributed by atoms with van der Waals surface area (Å²) in [6.45, 7) is 11.1. The first-order valence-corrected chi connectivity index (χ1v) is 14.0. The number of fused-ring (bicyclic) bond motifs is 1. The third-order valence-corrected chi connectivity index (χ3v) is 12.5. The summed E-state index contributed by atoms with van der Waals surface area (Å²) >= 11 is 0. The molecular weight excluding hydrogens is 412 g/mol. The number of hydrogen-bond acceptors (Lipinski definition) is 6. The lowest BCUT2D eigenvalue weighted by Crippen LogP contribution is -2.63. The van der Waals surface area contributed by atoms with Gasteiger partial charge in [0.05, 0.1) is 7.11 Å². The molecule has 0 amide bonds. The summed E-state index contributed by atoms with van der Waals surface area (Å²) in [5.41, 5.74) is 1.92. The molecule has 1 aromatic rings. The Labute approximate surface area is 185 Å². The van der Waals surface area contributed by atoms with Crippen LogP contribution in [0.5, 0.6) is 11.5 Å². The van der Waals surface area contributed by atoms with Crippen LogP contribution < -0.4 is 9.47 Å². The molecule has 31 heavy (non-hydrogen) atoms. The Morgan fingerprint density at radius 2 is 2.00 bits per heavy atom. The van der Waals surface area contributed by atoms with Crippen molar-refractivity contribution in [3.63, 3.8) is 0 Å². The number of benzene rings is 1. The zero-order chi connectivity index (χ0) is 22.8. The fourth-order valence-corrected chi connectivity index (χ4v) is 6.73. The van der Waals surface area contributed by atoms with Crippen molar-refractivity contribution in [3.8, 4) is 11.5 Å². The number of ketones is 1. The molecule has 1 spiro atoms. The van der Waals surface area contributed by atoms with Crippen LogP contribution in [0.25, 0.3) is 0 Å². The largest absolute Gasteiger partial charge is 0.493 e. The second-order valence-corrected chi connectivity index (χ2v) is 15.5. The number of carbonyl (C=O) groups is 2. The summed E-state index contributed by atoms with van der Waals surface area (Å²) in [4.78, 5) is 24.4. The molecule has 1 fully saturated rings. The average Bonchev–Trinajstić information content (AvgIpc) is 2.97. The van der Waals surface area contributed by atoms with Gasteiger partial charge in [0.1, 0.15) is 12.4 Å². The lowest BCUT2D eigenvalue weighted by molar-refractivity contribution is -0.256. The van der Waals surface area contributed by atoms with Crippen LogP contribution in [0.1, 0.15) is 67.9 Å². The number of aldehydes is 1. The van der Waals surface area contributed by atoms with Gasteiger partial charge in [0.15, 0.2) is 25.6 Å². The molecule has 3 atom stereocenters. The Bertz CT molecular complexity index is 933. The summed E-state index contributed by atoms with van der Waals surface area (Å²) in [5, 5.41) is 0.0571. The molecule has 0 saturated heterocycles. The number of Topliss-reactive ketones (excluding diaryl/α,β-unsaturated/α-hetero) is 1. The van der Waals surface area contributed by atoms with Crippen molar-refractivity contribution in [3.05, 3.63) is 22.8 Å². The minimum atomic E-state index is -2.08. The molecule has 3 aliphatic rings. The van der Waals surface area contributed by atoms with Gasteiger partial charge in [0, 0.05) is 42.9 Å². The van der Waals surface area contributed by atoms with E-state index in [0.29, 0.717) is 29.9 Å². The van der Waals surface area contributed by atoms with Gasteiger partial charge < -0.3 is 23.4 Å². The Balaban J connectivity index is 1.85. The molecule has 1 aromatic carbocycles. The number of carbonyl (C=O) groups excluding carboxylic acids is 2. The topological polar surface area (TPSA) is 71.1 Å². The Morgan fingerprint density at radius 3 is 2.58 bits per heavy atom. The van der Waals surface area contributed by atoms with Crippen LogP contribution in [-0.4, -0.2) is 46.5 Å². The number of rotatable bonds is 6. The zero-order valence-electron chi connectivity index (χ0n) is 19.7. The molecule has 4 rings (SSSR count). The molecule has 2 aliphatic carbocycles. The molecule has 2 bridgehead atoms. The maximum absolute atomic E-state index is 13.2. The van der Waals surface area contributed by atoms with Crippen molar-refractivity contribution in [1.82, 2.24) is 0 Å². The SMILES string of the molecule is COc1cc(CC=O)c2c3c1O[C@@]1(OC)C[C@]3(CC[C@@H]1O[Si](C)(C)C(C)(C)C)CC2=O. The molecular formula is C24H34O6Si. The minimum Gasteiger partial charge on any atom is -0.493 e. The molecule has 0 unspecified atom stereocenters. The summed E-state index contributed by atoms with van der Waals surface area (Å²) < 4.78 is 25.2. The monoisotopic (exact) mass is 446 g/mol. The fourth-order valence-electron chi connectivity index (χ4n) is 5.37. The van der Waals surface area contributed by atoms with Gasteiger partial charge in [0.25, 0.3) is 0 Å². The smallest absolute Gasteiger partial charge is 0.236 e. The van der Waals surface area contributed by atoms with Crippen LogP contribution in [0.2, 0.25) is 18.1 Å². The summed E-state index contributed by atoms with van der Waals surface area (Å²) in [6.07, 6.45) is 3.35. The Kier molecular flexibility index (Phi) is 5.19. The molecule has 170 valence electrons. The molecule has 1 aliphatic heterocycles. The maximum Gasteiger partial charge on any atom is 0.236 e. The minimum absolute atomic E-state index is 0.0571. The van der Waals surface area contributed by atoms with Gasteiger partial charge >= 0.3 is 0 Å². The van der Waals surface area contributed by atoms with E-state index in [0.717, 1.165) is 30.3 Å². The van der Waals surface area contributed by atoms with Gasteiger partial charge in [-0.1, -0.05) is 20.8 Å². The first-order chi connectivity index (χ1) is 14.4. The van der Waals surface area contributed by atoms with Crippen molar-refractivity contribution >= 4 is 20.4 Å². The van der Waals surface area contributed by atoms with Crippen LogP contribution in [0.3, 0.4) is 0 Å². The van der Waals surface area contributed by atoms with Crippen molar-refractivity contribution < 1.29 is 28.2 Å². The first kappa shape index (κ1) is 22.5. The van der Waals surface area contributed by atoms with Gasteiger partial charge in [-0.05, 0) is 42.6 Å². The van der Waals surface area contributed by atoms with E-state index in [9.17, 15) is 9.59 Å². The normalized spacial score (nSPS) is 29.4. The summed E-state index contributed by atoms with van der Waals surface area (Å²) in [7, 11) is 1.17. The second-order valence-electron chi connectivity index (χ2n) is 10.8. The number of hydrogen-bond donors (Lipinski definition) is 0. The van der Waals surface area contributed by atoms with E-state index in [2.05, 4.69) is 33.9 Å². The van der Waals surface area contributed by atoms with E-state index in [-0.39, 0.29) is 28.8 Å². The molecule has 0 aromatic heterocycles. The highest BCUT2D eigenvalue weighted by Gasteiger charge is 2.63. The van der Waals surface area contributed by atoms with Crippen molar-refractivity contribution in [1.29, 1.82) is 0 Å². The third kappa shape index (κ3) is 3.19. The van der Waals surface area contributed by atoms with E-state index in [1.165, 1.54) is 0 Å². The predicted octanol–water partition coefficient (Wildman–Crippen LogP) is 4.57. The maximum atomic E-state index is 13.2. The van der Waals surface area contributed by atoms with Gasteiger partial charge in [-0.25, -0.2) is 0 Å². The summed E-state index contributed by atoms with van der Waals surface area (Å²) in [5.74, 6) is 0.232. The third-order valence-electron chi connectivity index (χ3n) is 7.98. The van der Waals surface area contributed by atoms with Crippen LogP contribution in [0, 0.1) is 0 Å². The number of methoxy groups -OCH3 is 2. The van der Waals surface area contributed by atoms with E-state index < -0.39 is 14.1 Å². The van der Waals surface area contributed by atoms with Crippen LogP contribution in [0.15, 0.2) is 6.07 Å². The van der Waals surface area contributed by atoms with E-state index in [4.69, 9.17) is 18.6 Å². The standard InChI is InChI=1S/C24H34O6Si/c1-22(2,3)31(6,7)30-18-8-10-23-13-16(26)19-15(9-11-25)12-17(27-4)21(20(19)23)29-24(18,14-23)28-5/h11-12,18H,8-10,13-14H2,1-7H3/t18-,23-,24-/m0/s1. The highest BCUT2D eigenvalue weighted by atomic mass is 28.4. The van der Waals surface area contributed by atoms with E-state index >= 15 is 0 Å². The molecule has 1 saturated carbocycles. The van der Waals surface area contributed by atoms with E-state index in [1.807, 2.05) is 0 Å². The van der Waals surface area contributed by atoms with Gasteiger partial charge in [-0.2, -0.15) is 0 Å². The fraction of sp³-hybridized carbons (Fsp3) is 0.667. The average molecular weight is 447 g/mol. The van der Waals surface area contributed by atoms with Crippen molar-refractivity contribution in [2.24, 2.45) is 0 Å². The van der Waals surface area contributed by atoms with Crippen LogP contribution >= 0.6 is 0 Å². The molecule has 0 radical (unpaired) electrons. The highest BCUT2D eigenvalue weighted by molar-refractivity contribution is 6.74. The predicted molar refractivity (Wildman–Crippen MR) is 120 cm³/mol. The highest BCUT2D eigenvalue weighted by Crippen LogP contribution is 2.62. The number of ether oxygens (including phenoxy) is 3. The molecule has 1 heterocycles. The van der Waals surface area contributed by atoms with Crippen LogP contribution in [0.4, 0.5) is 0 Å². The molecule has 0 N–H and O–H groups in total. The van der Waals surface area contributed by atoms with Gasteiger partial charge in [-0.3, -0.25) is 4.79 Å².